The molecule has 0 aliphatic heterocycles. The van der Waals surface area contributed by atoms with Crippen LogP contribution in [-0.2, 0) is 14.3 Å². The van der Waals surface area contributed by atoms with Crippen LogP contribution in [0.4, 0.5) is 4.79 Å². The van der Waals surface area contributed by atoms with Crippen molar-refractivity contribution in [2.75, 3.05) is 19.8 Å². The van der Waals surface area contributed by atoms with Gasteiger partial charge in [0, 0.05) is 0 Å². The van der Waals surface area contributed by atoms with E-state index in [0.29, 0.717) is 13.2 Å². The minimum absolute atomic E-state index is 0.447. The molecule has 0 atom stereocenters. The van der Waals surface area contributed by atoms with Gasteiger partial charge in [-0.05, 0) is 12.8 Å². The fraction of sp³-hybridized carbons (Fsp3) is 0.778. The Kier molecular flexibility index (Phi) is 13.7. The number of carbonyl (C=O) groups is 2. The second-order valence-electron chi connectivity index (χ2n) is 2.50. The minimum atomic E-state index is -1.19. The maximum atomic E-state index is 10.5. The predicted molar refractivity (Wildman–Crippen MR) is 52.6 cm³/mol. The highest BCUT2D eigenvalue weighted by molar-refractivity contribution is 5.67. The first-order valence-corrected chi connectivity index (χ1v) is 4.70. The Balaban J connectivity index is 0. The Bertz CT molecular complexity index is 158. The molecule has 0 aliphatic rings. The van der Waals surface area contributed by atoms with Crippen LogP contribution >= 0.6 is 0 Å². The maximum absolute atomic E-state index is 10.5. The zero-order chi connectivity index (χ0) is 12.1. The summed E-state index contributed by atoms with van der Waals surface area (Å²) in [5.74, 6) is -1.19. The molecule has 0 radical (unpaired) electrons. The van der Waals surface area contributed by atoms with Gasteiger partial charge in [-0.3, -0.25) is 0 Å². The molecular formula is C9H18O6. The van der Waals surface area contributed by atoms with Crippen molar-refractivity contribution >= 4 is 12.1 Å². The van der Waals surface area contributed by atoms with Crippen molar-refractivity contribution in [2.45, 2.75) is 26.7 Å². The molecular weight excluding hydrogens is 204 g/mol. The second kappa shape index (κ2) is 12.7. The lowest BCUT2D eigenvalue weighted by atomic mass is 10.5. The van der Waals surface area contributed by atoms with Crippen LogP contribution < -0.4 is 0 Å². The molecule has 0 aromatic rings. The van der Waals surface area contributed by atoms with Crippen LogP contribution in [0.2, 0.25) is 0 Å². The number of aliphatic hydroxyl groups excluding tert-OH is 1. The summed E-state index contributed by atoms with van der Waals surface area (Å²) in [6.07, 6.45) is 1.12. The number of aliphatic carboxylic acids is 1. The molecule has 0 saturated heterocycles. The van der Waals surface area contributed by atoms with Gasteiger partial charge in [-0.15, -0.1) is 0 Å². The van der Waals surface area contributed by atoms with E-state index in [-0.39, 0.29) is 0 Å². The number of ether oxygens (including phenoxy) is 2. The molecule has 0 saturated carbocycles. The van der Waals surface area contributed by atoms with Crippen molar-refractivity contribution in [1.82, 2.24) is 0 Å². The monoisotopic (exact) mass is 222 g/mol. The van der Waals surface area contributed by atoms with E-state index in [1.165, 1.54) is 0 Å². The van der Waals surface area contributed by atoms with Crippen LogP contribution in [0, 0.1) is 0 Å². The van der Waals surface area contributed by atoms with Gasteiger partial charge in [-0.1, -0.05) is 13.8 Å². The van der Waals surface area contributed by atoms with E-state index in [0.717, 1.165) is 12.8 Å². The number of carboxylic acids is 1. The lowest BCUT2D eigenvalue weighted by Gasteiger charge is -2.02. The van der Waals surface area contributed by atoms with Crippen molar-refractivity contribution in [3.8, 4) is 0 Å². The molecule has 0 amide bonds. The van der Waals surface area contributed by atoms with Crippen LogP contribution in [0.15, 0.2) is 0 Å². The molecule has 0 spiro atoms. The third kappa shape index (κ3) is 19.2. The smallest absolute Gasteiger partial charge is 0.480 e. The summed E-state index contributed by atoms with van der Waals surface area (Å²) in [5.41, 5.74) is 0. The number of aliphatic hydroxyl groups is 1. The first-order chi connectivity index (χ1) is 7.08. The Morgan fingerprint density at radius 3 is 1.60 bits per heavy atom. The molecule has 6 heteroatoms. The van der Waals surface area contributed by atoms with Crippen LogP contribution in [0.5, 0.6) is 0 Å². The maximum Gasteiger partial charge on any atom is 0.508 e. The predicted octanol–water partition coefficient (Wildman–Crippen LogP) is 1.02. The van der Waals surface area contributed by atoms with Gasteiger partial charge in [-0.25, -0.2) is 9.59 Å². The van der Waals surface area contributed by atoms with Gasteiger partial charge >= 0.3 is 12.1 Å². The van der Waals surface area contributed by atoms with Crippen LogP contribution in [-0.4, -0.2) is 42.2 Å². The van der Waals surface area contributed by atoms with Gasteiger partial charge in [-0.2, -0.15) is 0 Å². The van der Waals surface area contributed by atoms with Gasteiger partial charge in [0.25, 0.3) is 0 Å². The molecule has 0 rings (SSSR count). The van der Waals surface area contributed by atoms with E-state index in [9.17, 15) is 4.79 Å². The molecule has 0 fully saturated rings. The SMILES string of the molecule is CCCOC(=O)OCCC.O=C(O)CO. The summed E-state index contributed by atoms with van der Waals surface area (Å²) in [6.45, 7) is 3.99. The Morgan fingerprint density at radius 2 is 1.40 bits per heavy atom. The fourth-order valence-corrected chi connectivity index (χ4v) is 0.412. The molecule has 0 heterocycles. The van der Waals surface area contributed by atoms with Crippen molar-refractivity contribution < 1.29 is 29.3 Å². The largest absolute Gasteiger partial charge is 0.508 e. The molecule has 15 heavy (non-hydrogen) atoms. The molecule has 0 aromatic heterocycles. The fourth-order valence-electron chi connectivity index (χ4n) is 0.412. The summed E-state index contributed by atoms with van der Waals surface area (Å²) in [6, 6.07) is 0. The normalized spacial score (nSPS) is 8.47. The van der Waals surface area contributed by atoms with Crippen molar-refractivity contribution in [1.29, 1.82) is 0 Å². The topological polar surface area (TPSA) is 93.1 Å². The molecule has 6 nitrogen and oxygen atoms in total. The van der Waals surface area contributed by atoms with Crippen LogP contribution in [0.3, 0.4) is 0 Å². The molecule has 0 unspecified atom stereocenters. The molecule has 0 aromatic carbocycles. The number of hydrogen-bond donors (Lipinski definition) is 2. The summed E-state index contributed by atoms with van der Waals surface area (Å²) < 4.78 is 9.26. The highest BCUT2D eigenvalue weighted by atomic mass is 16.7. The summed E-state index contributed by atoms with van der Waals surface area (Å²) in [7, 11) is 0. The molecule has 0 aliphatic carbocycles. The van der Waals surface area contributed by atoms with Gasteiger partial charge in [0.05, 0.1) is 13.2 Å². The van der Waals surface area contributed by atoms with E-state index < -0.39 is 18.7 Å². The highest BCUT2D eigenvalue weighted by Gasteiger charge is 1.99. The van der Waals surface area contributed by atoms with E-state index in [1.54, 1.807) is 0 Å². The van der Waals surface area contributed by atoms with Crippen LogP contribution in [0.25, 0.3) is 0 Å². The number of rotatable bonds is 5. The molecule has 2 N–H and O–H groups in total. The summed E-state index contributed by atoms with van der Waals surface area (Å²) in [5, 5.41) is 15.0. The van der Waals surface area contributed by atoms with Crippen molar-refractivity contribution in [3.05, 3.63) is 0 Å². The van der Waals surface area contributed by atoms with E-state index >= 15 is 0 Å². The van der Waals surface area contributed by atoms with Crippen molar-refractivity contribution in [3.63, 3.8) is 0 Å². The Hall–Kier alpha value is -1.30. The van der Waals surface area contributed by atoms with Gasteiger partial charge in [0.15, 0.2) is 0 Å². The summed E-state index contributed by atoms with van der Waals surface area (Å²) in [4.78, 5) is 19.6. The van der Waals surface area contributed by atoms with Crippen molar-refractivity contribution in [2.24, 2.45) is 0 Å². The quantitative estimate of drug-likeness (QED) is 0.674. The lowest BCUT2D eigenvalue weighted by Crippen LogP contribution is -2.08. The van der Waals surface area contributed by atoms with Gasteiger partial charge in [0.1, 0.15) is 6.61 Å². The number of carboxylic acid groups (broad SMARTS) is 1. The van der Waals surface area contributed by atoms with E-state index in [2.05, 4.69) is 9.47 Å². The average Bonchev–Trinajstić information content (AvgIpc) is 2.24. The van der Waals surface area contributed by atoms with Crippen LogP contribution in [0.1, 0.15) is 26.7 Å². The first kappa shape index (κ1) is 16.1. The molecule has 90 valence electrons. The van der Waals surface area contributed by atoms with Gasteiger partial charge < -0.3 is 19.7 Å². The van der Waals surface area contributed by atoms with Gasteiger partial charge in [0.2, 0.25) is 0 Å². The Morgan fingerprint density at radius 1 is 1.07 bits per heavy atom. The Labute approximate surface area is 88.8 Å². The average molecular weight is 222 g/mol. The van der Waals surface area contributed by atoms with E-state index in [1.807, 2.05) is 13.8 Å². The highest BCUT2D eigenvalue weighted by Crippen LogP contribution is 1.88. The molecule has 0 bridgehead atoms. The zero-order valence-electron chi connectivity index (χ0n) is 9.06. The third-order valence-corrected chi connectivity index (χ3v) is 0.983. The zero-order valence-corrected chi connectivity index (χ0v) is 9.06. The number of hydrogen-bond acceptors (Lipinski definition) is 5. The second-order valence-corrected chi connectivity index (χ2v) is 2.50. The number of carbonyl (C=O) groups excluding carboxylic acids is 1. The standard InChI is InChI=1S/C7H14O3.C2H4O3/c1-3-5-9-7(8)10-6-4-2;3-1-2(4)5/h3-6H2,1-2H3;3H,1H2,(H,4,5). The van der Waals surface area contributed by atoms with E-state index in [4.69, 9.17) is 15.0 Å². The first-order valence-electron chi connectivity index (χ1n) is 4.70. The lowest BCUT2D eigenvalue weighted by molar-refractivity contribution is -0.140. The minimum Gasteiger partial charge on any atom is -0.480 e. The summed E-state index contributed by atoms with van der Waals surface area (Å²) >= 11 is 0. The third-order valence-electron chi connectivity index (χ3n) is 0.983.